The zero-order valence-corrected chi connectivity index (χ0v) is 18.1. The van der Waals surface area contributed by atoms with E-state index in [1.54, 1.807) is 24.0 Å². The van der Waals surface area contributed by atoms with E-state index >= 15 is 0 Å². The van der Waals surface area contributed by atoms with E-state index in [-0.39, 0.29) is 35.1 Å². The van der Waals surface area contributed by atoms with Crippen molar-refractivity contribution in [2.45, 2.75) is 38.1 Å². The van der Waals surface area contributed by atoms with Crippen molar-refractivity contribution in [3.63, 3.8) is 0 Å². The van der Waals surface area contributed by atoms with Crippen LogP contribution in [0.2, 0.25) is 0 Å². The van der Waals surface area contributed by atoms with Crippen LogP contribution in [0, 0.1) is 18.7 Å². The Balaban J connectivity index is 1.39. The smallest absolute Gasteiger partial charge is 0.417 e. The molecule has 5 rings (SSSR count). The molecule has 4 heterocycles. The second-order valence-electron chi connectivity index (χ2n) is 8.58. The van der Waals surface area contributed by atoms with Gasteiger partial charge in [0.1, 0.15) is 23.3 Å². The molecule has 10 heteroatoms. The molecule has 3 unspecified atom stereocenters. The van der Waals surface area contributed by atoms with Gasteiger partial charge in [-0.1, -0.05) is 0 Å². The van der Waals surface area contributed by atoms with Crippen LogP contribution in [0.3, 0.4) is 0 Å². The molecule has 1 aliphatic heterocycles. The van der Waals surface area contributed by atoms with Crippen LogP contribution >= 0.6 is 0 Å². The number of piperidine rings is 1. The fraction of sp³-hybridized carbons (Fsp3) is 0.333. The summed E-state index contributed by atoms with van der Waals surface area (Å²) >= 11 is 0. The summed E-state index contributed by atoms with van der Waals surface area (Å²) in [6.45, 7) is 2.25. The van der Waals surface area contributed by atoms with E-state index in [2.05, 4.69) is 15.0 Å². The number of hydrogen-bond acceptors (Lipinski definition) is 5. The number of fused-ring (bicyclic) bond motifs is 2. The fourth-order valence-electron chi connectivity index (χ4n) is 4.73. The lowest BCUT2D eigenvalue weighted by Gasteiger charge is -2.33. The van der Waals surface area contributed by atoms with Crippen molar-refractivity contribution in [2.24, 2.45) is 5.92 Å². The van der Waals surface area contributed by atoms with Crippen LogP contribution in [0.25, 0.3) is 11.3 Å². The minimum absolute atomic E-state index is 0.0458. The lowest BCUT2D eigenvalue weighted by atomic mass is 10.0. The van der Waals surface area contributed by atoms with Crippen LogP contribution in [-0.4, -0.2) is 44.4 Å². The number of likely N-dealkylation sites (tertiary alicyclic amines) is 1. The summed E-state index contributed by atoms with van der Waals surface area (Å²) in [5, 5.41) is 0. The Labute approximate surface area is 192 Å². The average molecular weight is 472 g/mol. The first-order valence-corrected chi connectivity index (χ1v) is 10.8. The predicted molar refractivity (Wildman–Crippen MR) is 113 cm³/mol. The maximum Gasteiger partial charge on any atom is 0.417 e. The Hall–Kier alpha value is -3.56. The van der Waals surface area contributed by atoms with Gasteiger partial charge in [0, 0.05) is 36.3 Å². The second-order valence-corrected chi connectivity index (χ2v) is 8.58. The maximum absolute atomic E-state index is 14.4. The van der Waals surface area contributed by atoms with Crippen LogP contribution in [0.1, 0.15) is 34.6 Å². The number of halogens is 4. The molecular weight excluding hydrogens is 452 g/mol. The van der Waals surface area contributed by atoms with E-state index < -0.39 is 23.7 Å². The van der Waals surface area contributed by atoms with E-state index in [0.29, 0.717) is 30.6 Å². The predicted octanol–water partition coefficient (Wildman–Crippen LogP) is 4.69. The molecule has 3 aromatic rings. The van der Waals surface area contributed by atoms with Gasteiger partial charge in [-0.15, -0.1) is 0 Å². The van der Waals surface area contributed by atoms with Gasteiger partial charge >= 0.3 is 6.18 Å². The van der Waals surface area contributed by atoms with Crippen molar-refractivity contribution in [1.29, 1.82) is 0 Å². The molecule has 0 N–H and O–H groups in total. The molecule has 34 heavy (non-hydrogen) atoms. The van der Waals surface area contributed by atoms with Gasteiger partial charge in [0.05, 0.1) is 11.6 Å². The van der Waals surface area contributed by atoms with Crippen LogP contribution in [0.4, 0.5) is 17.6 Å². The highest BCUT2D eigenvalue weighted by atomic mass is 19.4. The van der Waals surface area contributed by atoms with Crippen LogP contribution in [0.5, 0.6) is 5.88 Å². The van der Waals surface area contributed by atoms with E-state index in [9.17, 15) is 22.4 Å². The third kappa shape index (κ3) is 4.08. The standard InChI is InChI=1S/C24H20F4N4O2/c1-13-4-6-16(21-17(25)3-2-8-29-21)22(31-13)23(33)32-12-14-9-18(32)19(10-14)34-20-7-5-15(11-30-20)24(26,27)28/h2-8,11,14,18-19H,9-10,12H2,1H3. The molecule has 2 fully saturated rings. The first-order chi connectivity index (χ1) is 16.2. The molecule has 1 amide bonds. The lowest BCUT2D eigenvalue weighted by molar-refractivity contribution is -0.137. The molecule has 0 radical (unpaired) electrons. The highest BCUT2D eigenvalue weighted by molar-refractivity contribution is 5.99. The molecular formula is C24H20F4N4O2. The van der Waals surface area contributed by atoms with Crippen LogP contribution < -0.4 is 4.74 Å². The number of ether oxygens (including phenoxy) is 1. The average Bonchev–Trinajstić information content (AvgIpc) is 3.40. The number of amides is 1. The van der Waals surface area contributed by atoms with E-state index in [0.717, 1.165) is 12.3 Å². The summed E-state index contributed by atoms with van der Waals surface area (Å²) in [5.74, 6) is -0.652. The molecule has 0 spiro atoms. The van der Waals surface area contributed by atoms with Crippen molar-refractivity contribution < 1.29 is 27.1 Å². The first kappa shape index (κ1) is 22.2. The van der Waals surface area contributed by atoms with E-state index in [1.165, 1.54) is 24.4 Å². The van der Waals surface area contributed by atoms with Gasteiger partial charge in [0.15, 0.2) is 0 Å². The molecule has 1 saturated carbocycles. The number of carbonyl (C=O) groups excluding carboxylic acids is 1. The molecule has 1 saturated heterocycles. The third-order valence-electron chi connectivity index (χ3n) is 6.27. The van der Waals surface area contributed by atoms with Gasteiger partial charge in [-0.3, -0.25) is 9.78 Å². The molecule has 3 atom stereocenters. The summed E-state index contributed by atoms with van der Waals surface area (Å²) in [5.41, 5.74) is 0.207. The minimum Gasteiger partial charge on any atom is -0.472 e. The number of aryl methyl sites for hydroxylation is 1. The van der Waals surface area contributed by atoms with Crippen molar-refractivity contribution in [3.8, 4) is 17.1 Å². The van der Waals surface area contributed by atoms with Crippen molar-refractivity contribution >= 4 is 5.91 Å². The van der Waals surface area contributed by atoms with Gasteiger partial charge in [-0.2, -0.15) is 13.2 Å². The Morgan fingerprint density at radius 3 is 2.62 bits per heavy atom. The summed E-state index contributed by atoms with van der Waals surface area (Å²) in [6.07, 6.45) is -1.34. The number of rotatable bonds is 4. The van der Waals surface area contributed by atoms with Gasteiger partial charge in [0.25, 0.3) is 5.91 Å². The lowest BCUT2D eigenvalue weighted by Crippen LogP contribution is -2.47. The Kier molecular flexibility index (Phi) is 5.45. The van der Waals surface area contributed by atoms with Gasteiger partial charge < -0.3 is 9.64 Å². The highest BCUT2D eigenvalue weighted by Gasteiger charge is 2.49. The first-order valence-electron chi connectivity index (χ1n) is 10.8. The molecule has 0 aromatic carbocycles. The zero-order valence-electron chi connectivity index (χ0n) is 18.1. The summed E-state index contributed by atoms with van der Waals surface area (Å²) < 4.78 is 58.7. The third-order valence-corrected chi connectivity index (χ3v) is 6.27. The Morgan fingerprint density at radius 1 is 1.12 bits per heavy atom. The number of aromatic nitrogens is 3. The normalized spacial score (nSPS) is 21.7. The SMILES string of the molecule is Cc1ccc(-c2ncccc2F)c(C(=O)N2CC3CC(Oc4ccc(C(F)(F)F)cn4)C2C3)n1. The fourth-order valence-corrected chi connectivity index (χ4v) is 4.73. The second kappa shape index (κ2) is 8.34. The molecule has 1 aliphatic carbocycles. The van der Waals surface area contributed by atoms with Gasteiger partial charge in [-0.25, -0.2) is 14.4 Å². The Morgan fingerprint density at radius 2 is 1.94 bits per heavy atom. The zero-order chi connectivity index (χ0) is 24.0. The molecule has 2 aliphatic rings. The monoisotopic (exact) mass is 472 g/mol. The van der Waals surface area contributed by atoms with Crippen molar-refractivity contribution in [2.75, 3.05) is 6.54 Å². The van der Waals surface area contributed by atoms with E-state index in [1.807, 2.05) is 0 Å². The number of nitrogens with zero attached hydrogens (tertiary/aromatic N) is 4. The Bertz CT molecular complexity index is 1230. The molecule has 6 nitrogen and oxygen atoms in total. The van der Waals surface area contributed by atoms with Crippen molar-refractivity contribution in [1.82, 2.24) is 19.9 Å². The van der Waals surface area contributed by atoms with Crippen LogP contribution in [0.15, 0.2) is 48.8 Å². The summed E-state index contributed by atoms with van der Waals surface area (Å²) in [4.78, 5) is 27.5. The molecule has 3 aromatic heterocycles. The number of carbonyl (C=O) groups is 1. The maximum atomic E-state index is 14.4. The number of pyridine rings is 3. The molecule has 2 bridgehead atoms. The minimum atomic E-state index is -4.48. The number of hydrogen-bond donors (Lipinski definition) is 0. The quantitative estimate of drug-likeness (QED) is 0.516. The van der Waals surface area contributed by atoms with Gasteiger partial charge in [-0.05, 0) is 56.0 Å². The van der Waals surface area contributed by atoms with Gasteiger partial charge in [0.2, 0.25) is 5.88 Å². The highest BCUT2D eigenvalue weighted by Crippen LogP contribution is 2.41. The topological polar surface area (TPSA) is 68.2 Å². The van der Waals surface area contributed by atoms with E-state index in [4.69, 9.17) is 4.74 Å². The van der Waals surface area contributed by atoms with Crippen LogP contribution in [-0.2, 0) is 6.18 Å². The molecule has 176 valence electrons. The van der Waals surface area contributed by atoms with Crippen molar-refractivity contribution in [3.05, 3.63) is 71.6 Å². The number of alkyl halides is 3. The summed E-state index contributed by atoms with van der Waals surface area (Å²) in [7, 11) is 0. The largest absolute Gasteiger partial charge is 0.472 e. The summed E-state index contributed by atoms with van der Waals surface area (Å²) in [6, 6.07) is 7.89.